The Morgan fingerprint density at radius 1 is 1.33 bits per heavy atom. The number of benzene rings is 1. The van der Waals surface area contributed by atoms with Crippen LogP contribution in [0.5, 0.6) is 0 Å². The summed E-state index contributed by atoms with van der Waals surface area (Å²) >= 11 is 1.48. The van der Waals surface area contributed by atoms with E-state index in [1.165, 1.54) is 16.2 Å². The number of hydrogen-bond donors (Lipinski definition) is 0. The van der Waals surface area contributed by atoms with Crippen LogP contribution in [0.2, 0.25) is 0 Å². The van der Waals surface area contributed by atoms with Gasteiger partial charge in [-0.05, 0) is 6.07 Å². The molecule has 44 valence electrons. The largest absolute Gasteiger partial charge is 0.249 e. The van der Waals surface area contributed by atoms with Crippen LogP contribution in [0.15, 0.2) is 24.3 Å². The van der Waals surface area contributed by atoms with Crippen LogP contribution in [0.25, 0.3) is 10.2 Å². The van der Waals surface area contributed by atoms with E-state index < -0.39 is 0 Å². The Labute approximate surface area is 56.3 Å². The highest BCUT2D eigenvalue weighted by atomic mass is 32.1. The van der Waals surface area contributed by atoms with Gasteiger partial charge in [-0.3, -0.25) is 0 Å². The van der Waals surface area contributed by atoms with Crippen LogP contribution in [0.1, 0.15) is 0 Å². The number of aromatic amines is 1. The lowest BCUT2D eigenvalue weighted by molar-refractivity contribution is -0.413. The Morgan fingerprint density at radius 2 is 2.22 bits per heavy atom. The smallest absolute Gasteiger partial charge is 0.0868 e. The molecule has 0 unspecified atom stereocenters. The van der Waals surface area contributed by atoms with E-state index >= 15 is 0 Å². The Bertz CT molecular complexity index is 285. The summed E-state index contributed by atoms with van der Waals surface area (Å²) in [6.45, 7) is 0. The van der Waals surface area contributed by atoms with Crippen molar-refractivity contribution in [2.45, 2.75) is 0 Å². The molecule has 0 aliphatic heterocycles. The predicted molar refractivity (Wildman–Crippen MR) is 36.2 cm³/mol. The average molecular weight is 137 g/mol. The van der Waals surface area contributed by atoms with Crippen molar-refractivity contribution in [3.63, 3.8) is 0 Å². The third-order valence-corrected chi connectivity index (χ3v) is 1.93. The number of nitrogens with zero attached hydrogens (tertiary/aromatic N) is 1. The lowest BCUT2D eigenvalue weighted by atomic mass is 10.3. The summed E-state index contributed by atoms with van der Waals surface area (Å²) in [5.74, 6) is 0. The molecular weight excluding hydrogens is 132 g/mol. The van der Waals surface area contributed by atoms with Gasteiger partial charge in [0.15, 0.2) is 0 Å². The summed E-state index contributed by atoms with van der Waals surface area (Å²) in [6.07, 6.45) is 0. The molecule has 0 fully saturated rings. The van der Waals surface area contributed by atoms with Crippen molar-refractivity contribution in [3.05, 3.63) is 24.3 Å². The van der Waals surface area contributed by atoms with Gasteiger partial charge in [0.2, 0.25) is 5.52 Å². The molecule has 0 atom stereocenters. The van der Waals surface area contributed by atoms with Gasteiger partial charge in [-0.25, -0.2) is 0 Å². The van der Waals surface area contributed by atoms with Gasteiger partial charge in [-0.15, -0.1) is 0 Å². The lowest BCUT2D eigenvalue weighted by Crippen LogP contribution is -1.98. The van der Waals surface area contributed by atoms with Crippen LogP contribution < -0.4 is 5.10 Å². The first kappa shape index (κ1) is 4.88. The molecule has 0 saturated heterocycles. The van der Waals surface area contributed by atoms with Crippen molar-refractivity contribution in [2.24, 2.45) is 0 Å². The van der Waals surface area contributed by atoms with Crippen molar-refractivity contribution in [3.8, 4) is 0 Å². The van der Waals surface area contributed by atoms with Crippen LogP contribution in [-0.4, -0.2) is 4.49 Å². The zero-order valence-electron chi connectivity index (χ0n) is 4.66. The number of hydrogen-bond acceptors (Lipinski definition) is 2. The van der Waals surface area contributed by atoms with Crippen LogP contribution in [0.4, 0.5) is 0 Å². The number of nitrogens with one attached hydrogen (secondary N) is 1. The van der Waals surface area contributed by atoms with Crippen LogP contribution >= 0.6 is 11.5 Å². The lowest BCUT2D eigenvalue weighted by Gasteiger charge is -1.73. The van der Waals surface area contributed by atoms with Crippen molar-refractivity contribution in [2.75, 3.05) is 0 Å². The molecule has 2 nitrogen and oxygen atoms in total. The third kappa shape index (κ3) is 0.695. The van der Waals surface area contributed by atoms with Crippen molar-refractivity contribution in [1.29, 1.82) is 0 Å². The van der Waals surface area contributed by atoms with E-state index in [1.807, 2.05) is 24.3 Å². The maximum absolute atomic E-state index is 3.92. The second-order valence-corrected chi connectivity index (χ2v) is 2.60. The quantitative estimate of drug-likeness (QED) is 0.534. The molecule has 0 bridgehead atoms. The Balaban J connectivity index is 2.95. The third-order valence-electron chi connectivity index (χ3n) is 1.20. The minimum absolute atomic E-state index is 1.11. The molecule has 1 aromatic heterocycles. The molecular formula is C6H5N2S+. The number of fused-ring (bicyclic) bond motifs is 1. The van der Waals surface area contributed by atoms with Crippen molar-refractivity contribution >= 4 is 21.7 Å². The first-order valence-corrected chi connectivity index (χ1v) is 3.46. The van der Waals surface area contributed by atoms with Gasteiger partial charge in [0.05, 0.1) is 4.49 Å². The van der Waals surface area contributed by atoms with E-state index in [1.54, 1.807) is 0 Å². The maximum atomic E-state index is 3.92. The van der Waals surface area contributed by atoms with Gasteiger partial charge in [0, 0.05) is 17.6 Å². The Morgan fingerprint density at radius 3 is 3.11 bits per heavy atom. The molecule has 0 aliphatic carbocycles. The van der Waals surface area contributed by atoms with E-state index in [0.717, 1.165) is 5.52 Å². The van der Waals surface area contributed by atoms with Crippen LogP contribution in [0, 0.1) is 0 Å². The highest BCUT2D eigenvalue weighted by molar-refractivity contribution is 7.12. The minimum Gasteiger partial charge on any atom is -0.0868 e. The molecule has 1 aromatic carbocycles. The fraction of sp³-hybridized carbons (Fsp3) is 0. The molecule has 0 saturated carbocycles. The zero-order valence-corrected chi connectivity index (χ0v) is 5.48. The molecule has 1 heterocycles. The van der Waals surface area contributed by atoms with Crippen LogP contribution in [-0.2, 0) is 0 Å². The standard InChI is InChI=1S/C6H4N2S/c1-2-4-6-5(3-1)7-8-9-6/h1-4H/p+1. The van der Waals surface area contributed by atoms with E-state index in [0.29, 0.717) is 0 Å². The molecule has 9 heavy (non-hydrogen) atoms. The summed E-state index contributed by atoms with van der Waals surface area (Å²) in [7, 11) is 0. The average Bonchev–Trinajstić information content (AvgIpc) is 2.33. The second kappa shape index (κ2) is 1.77. The highest BCUT2D eigenvalue weighted by Crippen LogP contribution is 2.09. The first-order valence-electron chi connectivity index (χ1n) is 2.69. The van der Waals surface area contributed by atoms with E-state index in [9.17, 15) is 0 Å². The fourth-order valence-electron chi connectivity index (χ4n) is 0.760. The van der Waals surface area contributed by atoms with Crippen molar-refractivity contribution in [1.82, 2.24) is 4.49 Å². The first-order chi connectivity index (χ1) is 4.47. The van der Waals surface area contributed by atoms with Gasteiger partial charge in [0.1, 0.15) is 4.70 Å². The predicted octanol–water partition coefficient (Wildman–Crippen LogP) is 1.11. The zero-order chi connectivity index (χ0) is 6.10. The number of aromatic nitrogens is 2. The molecule has 2 rings (SSSR count). The molecule has 3 heteroatoms. The monoisotopic (exact) mass is 137 g/mol. The van der Waals surface area contributed by atoms with Gasteiger partial charge >= 0.3 is 0 Å². The number of para-hydroxylation sites is 1. The number of rotatable bonds is 0. The molecule has 0 spiro atoms. The number of H-pyrrole nitrogens is 1. The van der Waals surface area contributed by atoms with Crippen molar-refractivity contribution < 1.29 is 5.10 Å². The summed E-state index contributed by atoms with van der Waals surface area (Å²) in [6, 6.07) is 8.06. The molecule has 0 aliphatic rings. The van der Waals surface area contributed by atoms with Gasteiger partial charge in [-0.1, -0.05) is 17.2 Å². The summed E-state index contributed by atoms with van der Waals surface area (Å²) in [5.41, 5.74) is 1.11. The molecule has 2 aromatic rings. The molecule has 0 amide bonds. The van der Waals surface area contributed by atoms with E-state index in [4.69, 9.17) is 0 Å². The fourth-order valence-corrected chi connectivity index (χ4v) is 1.35. The van der Waals surface area contributed by atoms with Gasteiger partial charge in [-0.2, -0.15) is 0 Å². The SMILES string of the molecule is c1ccc2sn[nH+]c2c1. The summed E-state index contributed by atoms with van der Waals surface area (Å²) < 4.78 is 5.12. The van der Waals surface area contributed by atoms with E-state index in [2.05, 4.69) is 9.59 Å². The van der Waals surface area contributed by atoms with Gasteiger partial charge in [0.25, 0.3) is 0 Å². The summed E-state index contributed by atoms with van der Waals surface area (Å²) in [4.78, 5) is 0. The van der Waals surface area contributed by atoms with E-state index in [-0.39, 0.29) is 0 Å². The molecule has 0 radical (unpaired) electrons. The minimum atomic E-state index is 1.11. The Kier molecular flexibility index (Phi) is 0.960. The second-order valence-electron chi connectivity index (χ2n) is 1.79. The Hall–Kier alpha value is -0.960. The maximum Gasteiger partial charge on any atom is 0.249 e. The topological polar surface area (TPSA) is 27.0 Å². The normalized spacial score (nSPS) is 10.2. The summed E-state index contributed by atoms with van der Waals surface area (Å²) in [5, 5.41) is 2.89. The molecule has 1 N–H and O–H groups in total. The van der Waals surface area contributed by atoms with Crippen LogP contribution in [0.3, 0.4) is 0 Å². The highest BCUT2D eigenvalue weighted by Gasteiger charge is 1.98. The van der Waals surface area contributed by atoms with Gasteiger partial charge < -0.3 is 0 Å².